The van der Waals surface area contributed by atoms with Crippen LogP contribution in [-0.4, -0.2) is 61.6 Å². The van der Waals surface area contributed by atoms with Crippen LogP contribution in [0.2, 0.25) is 0 Å². The van der Waals surface area contributed by atoms with Crippen molar-refractivity contribution in [3.05, 3.63) is 77.7 Å². The first-order chi connectivity index (χ1) is 19.4. The van der Waals surface area contributed by atoms with E-state index in [0.29, 0.717) is 41.5 Å². The molecule has 0 unspecified atom stereocenters. The summed E-state index contributed by atoms with van der Waals surface area (Å²) in [6.07, 6.45) is 4.46. The highest BCUT2D eigenvalue weighted by Crippen LogP contribution is 2.30. The van der Waals surface area contributed by atoms with Crippen molar-refractivity contribution in [3.63, 3.8) is 0 Å². The van der Waals surface area contributed by atoms with E-state index in [4.69, 9.17) is 4.98 Å². The fourth-order valence-electron chi connectivity index (χ4n) is 4.90. The van der Waals surface area contributed by atoms with Crippen molar-refractivity contribution in [1.82, 2.24) is 24.8 Å². The number of benzene rings is 1. The number of thiophene rings is 1. The molecule has 1 fully saturated rings. The third-order valence-electron chi connectivity index (χ3n) is 7.04. The van der Waals surface area contributed by atoms with Crippen LogP contribution in [0.25, 0.3) is 21.5 Å². The molecule has 0 saturated carbocycles. The molecule has 2 atom stereocenters. The van der Waals surface area contributed by atoms with Crippen molar-refractivity contribution in [3.8, 4) is 10.4 Å². The number of nitrogens with zero attached hydrogens (tertiary/aromatic N) is 4. The Balaban J connectivity index is 1.44. The number of hydrogen-bond acceptors (Lipinski definition) is 7. The highest BCUT2D eigenvalue weighted by atomic mass is 32.1. The summed E-state index contributed by atoms with van der Waals surface area (Å²) in [4.78, 5) is 37.2. The lowest BCUT2D eigenvalue weighted by Crippen LogP contribution is -2.37. The van der Waals surface area contributed by atoms with Crippen molar-refractivity contribution >= 4 is 40.1 Å². The number of nitrogens with one attached hydrogen (secondary N) is 2. The normalized spacial score (nSPS) is 15.9. The van der Waals surface area contributed by atoms with E-state index in [1.165, 1.54) is 29.7 Å². The molecule has 1 aromatic carbocycles. The van der Waals surface area contributed by atoms with Gasteiger partial charge in [-0.1, -0.05) is 12.6 Å². The molecule has 1 saturated heterocycles. The highest BCUT2D eigenvalue weighted by molar-refractivity contribution is 7.17. The molecule has 9 nitrogen and oxygen atoms in total. The van der Waals surface area contributed by atoms with Gasteiger partial charge in [-0.15, -0.1) is 11.3 Å². The molecule has 1 aliphatic heterocycles. The van der Waals surface area contributed by atoms with Gasteiger partial charge in [0, 0.05) is 42.8 Å². The van der Waals surface area contributed by atoms with Crippen LogP contribution in [0.3, 0.4) is 0 Å². The van der Waals surface area contributed by atoms with Crippen LogP contribution in [0.4, 0.5) is 10.3 Å². The van der Waals surface area contributed by atoms with Gasteiger partial charge in [-0.05, 0) is 67.3 Å². The average molecular weight is 563 g/mol. The lowest BCUT2D eigenvalue weighted by molar-refractivity contribution is -0.126. The largest absolute Gasteiger partial charge is 0.395 e. The molecule has 0 bridgehead atoms. The van der Waals surface area contributed by atoms with Crippen molar-refractivity contribution in [1.29, 1.82) is 0 Å². The van der Waals surface area contributed by atoms with Crippen LogP contribution in [0.5, 0.6) is 0 Å². The Hall–Kier alpha value is -3.93. The number of halogens is 1. The third kappa shape index (κ3) is 5.96. The fourth-order valence-corrected chi connectivity index (χ4v) is 5.80. The van der Waals surface area contributed by atoms with E-state index in [9.17, 15) is 19.1 Å². The van der Waals surface area contributed by atoms with Crippen LogP contribution in [0.15, 0.2) is 61.3 Å². The number of aliphatic hydroxyl groups is 1. The summed E-state index contributed by atoms with van der Waals surface area (Å²) in [5.74, 6) is -0.632. The first-order valence-corrected chi connectivity index (χ1v) is 14.0. The van der Waals surface area contributed by atoms with E-state index in [-0.39, 0.29) is 30.5 Å². The number of carbonyl (C=O) groups is 2. The maximum absolute atomic E-state index is 13.6. The predicted octanol–water partition coefficient (Wildman–Crippen LogP) is 4.20. The molecule has 0 spiro atoms. The molecule has 208 valence electrons. The van der Waals surface area contributed by atoms with Gasteiger partial charge in [0.1, 0.15) is 0 Å². The summed E-state index contributed by atoms with van der Waals surface area (Å²) in [6.45, 7) is 7.27. The molecule has 4 aromatic rings. The van der Waals surface area contributed by atoms with Gasteiger partial charge in [0.15, 0.2) is 0 Å². The molecule has 1 aliphatic rings. The van der Waals surface area contributed by atoms with E-state index in [1.807, 2.05) is 34.6 Å². The average Bonchev–Trinajstić information content (AvgIpc) is 3.71. The molecule has 5 rings (SSSR count). The molecule has 2 amide bonds. The smallest absolute Gasteiger partial charge is 0.268 e. The van der Waals surface area contributed by atoms with Crippen molar-refractivity contribution in [2.24, 2.45) is 0 Å². The second-order valence-corrected chi connectivity index (χ2v) is 10.9. The third-order valence-corrected chi connectivity index (χ3v) is 8.17. The summed E-state index contributed by atoms with van der Waals surface area (Å²) in [7, 11) is 0. The lowest BCUT2D eigenvalue weighted by Gasteiger charge is -2.24. The van der Waals surface area contributed by atoms with Gasteiger partial charge in [-0.25, -0.2) is 9.97 Å². The standard InChI is InChI=1S/C29H31FN6O3S/c1-3-27(38)35-12-4-5-21(35)16-36-23-7-6-19(15-32-18(2)17-37)13-22(23)33-29(36)34-28(39)25-9-8-24(40-25)20-10-11-31-26(30)14-20/h3,6-11,13-14,18,21,32,37H,1,4-5,12,15-17H2,2H3,(H,33,34,39)/t18-,21+/m0/s1. The number of amides is 2. The molecular formula is C29H31FN6O3S. The lowest BCUT2D eigenvalue weighted by atomic mass is 10.1. The van der Waals surface area contributed by atoms with E-state index < -0.39 is 5.95 Å². The van der Waals surface area contributed by atoms with Gasteiger partial charge in [-0.2, -0.15) is 4.39 Å². The molecule has 4 heterocycles. The molecule has 0 radical (unpaired) electrons. The van der Waals surface area contributed by atoms with E-state index in [0.717, 1.165) is 28.8 Å². The zero-order valence-electron chi connectivity index (χ0n) is 22.1. The van der Waals surface area contributed by atoms with E-state index >= 15 is 0 Å². The number of rotatable bonds is 10. The maximum Gasteiger partial charge on any atom is 0.268 e. The minimum absolute atomic E-state index is 0.0366. The minimum atomic E-state index is -0.582. The maximum atomic E-state index is 13.6. The molecule has 40 heavy (non-hydrogen) atoms. The Labute approximate surface area is 235 Å². The van der Waals surface area contributed by atoms with Crippen LogP contribution >= 0.6 is 11.3 Å². The Kier molecular flexibility index (Phi) is 8.34. The number of hydrogen-bond donors (Lipinski definition) is 3. The first kappa shape index (κ1) is 27.6. The predicted molar refractivity (Wildman–Crippen MR) is 154 cm³/mol. The summed E-state index contributed by atoms with van der Waals surface area (Å²) in [6, 6.07) is 12.3. The van der Waals surface area contributed by atoms with Gasteiger partial charge >= 0.3 is 0 Å². The number of carbonyl (C=O) groups excluding carboxylic acids is 2. The topological polar surface area (TPSA) is 112 Å². The molecule has 3 aromatic heterocycles. The second-order valence-electron chi connectivity index (χ2n) is 9.85. The first-order valence-electron chi connectivity index (χ1n) is 13.2. The van der Waals surface area contributed by atoms with Crippen molar-refractivity contribution in [2.45, 2.75) is 44.9 Å². The molecule has 3 N–H and O–H groups in total. The van der Waals surface area contributed by atoms with Crippen LogP contribution in [0, 0.1) is 5.95 Å². The van der Waals surface area contributed by atoms with E-state index in [2.05, 4.69) is 22.2 Å². The number of fused-ring (bicyclic) bond motifs is 1. The molecule has 0 aliphatic carbocycles. The summed E-state index contributed by atoms with van der Waals surface area (Å²) >= 11 is 1.25. The Morgan fingerprint density at radius 1 is 1.27 bits per heavy atom. The number of aromatic nitrogens is 3. The zero-order valence-corrected chi connectivity index (χ0v) is 23.0. The SMILES string of the molecule is C=CC(=O)N1CCC[C@@H]1Cn1c(NC(=O)c2ccc(-c3ccnc(F)c3)s2)nc2cc(CN[C@@H](C)CO)ccc21. The Morgan fingerprint density at radius 3 is 2.90 bits per heavy atom. The minimum Gasteiger partial charge on any atom is -0.395 e. The summed E-state index contributed by atoms with van der Waals surface area (Å²) < 4.78 is 15.6. The van der Waals surface area contributed by atoms with Gasteiger partial charge in [-0.3, -0.25) is 14.9 Å². The summed E-state index contributed by atoms with van der Waals surface area (Å²) in [5, 5.41) is 15.5. The number of aliphatic hydroxyl groups excluding tert-OH is 1. The summed E-state index contributed by atoms with van der Waals surface area (Å²) in [5.41, 5.74) is 3.19. The Morgan fingerprint density at radius 2 is 2.12 bits per heavy atom. The van der Waals surface area contributed by atoms with Gasteiger partial charge in [0.05, 0.1) is 28.6 Å². The number of pyridine rings is 1. The van der Waals surface area contributed by atoms with Crippen LogP contribution < -0.4 is 10.6 Å². The molecular weight excluding hydrogens is 531 g/mol. The second kappa shape index (κ2) is 12.1. The van der Waals surface area contributed by atoms with E-state index in [1.54, 1.807) is 18.2 Å². The number of imidazole rings is 1. The van der Waals surface area contributed by atoms with Crippen LogP contribution in [-0.2, 0) is 17.9 Å². The quantitative estimate of drug-likeness (QED) is 0.197. The monoisotopic (exact) mass is 562 g/mol. The van der Waals surface area contributed by atoms with Gasteiger partial charge in [0.25, 0.3) is 5.91 Å². The number of likely N-dealkylation sites (tertiary alicyclic amines) is 1. The van der Waals surface area contributed by atoms with Crippen molar-refractivity contribution in [2.75, 3.05) is 18.5 Å². The zero-order chi connectivity index (χ0) is 28.2. The van der Waals surface area contributed by atoms with Crippen LogP contribution in [0.1, 0.15) is 35.0 Å². The van der Waals surface area contributed by atoms with Gasteiger partial charge in [0.2, 0.25) is 17.8 Å². The molecule has 11 heteroatoms. The number of anilines is 1. The Bertz CT molecular complexity index is 1550. The fraction of sp³-hybridized carbons (Fsp3) is 0.310. The van der Waals surface area contributed by atoms with Crippen molar-refractivity contribution < 1.29 is 19.1 Å². The van der Waals surface area contributed by atoms with Gasteiger partial charge < -0.3 is 19.9 Å². The highest BCUT2D eigenvalue weighted by Gasteiger charge is 2.29.